The normalized spacial score (nSPS) is 11.5. The van der Waals surface area contributed by atoms with Gasteiger partial charge in [0.15, 0.2) is 0 Å². The molecule has 0 radical (unpaired) electrons. The second-order valence-corrected chi connectivity index (χ2v) is 7.37. The summed E-state index contributed by atoms with van der Waals surface area (Å²) < 4.78 is 26.5. The summed E-state index contributed by atoms with van der Waals surface area (Å²) in [5.74, 6) is -1.39. The average Bonchev–Trinajstić information content (AvgIpc) is 2.53. The Kier molecular flexibility index (Phi) is 6.92. The summed E-state index contributed by atoms with van der Waals surface area (Å²) in [7, 11) is -2.16. The van der Waals surface area contributed by atoms with Crippen molar-refractivity contribution in [1.82, 2.24) is 9.21 Å². The number of hydrogen-bond donors (Lipinski definition) is 1. The van der Waals surface area contributed by atoms with E-state index in [1.165, 1.54) is 28.4 Å². The van der Waals surface area contributed by atoms with E-state index in [4.69, 9.17) is 5.11 Å². The number of carbonyl (C=O) groups excluding carboxylic acids is 1. The first kappa shape index (κ1) is 20.1. The molecule has 0 heterocycles. The quantitative estimate of drug-likeness (QED) is 0.763. The molecule has 0 saturated carbocycles. The minimum absolute atomic E-state index is 0.0562. The van der Waals surface area contributed by atoms with E-state index in [1.807, 2.05) is 0 Å². The molecule has 0 atom stereocenters. The predicted molar refractivity (Wildman–Crippen MR) is 90.5 cm³/mol. The zero-order chi connectivity index (χ0) is 18.5. The highest BCUT2D eigenvalue weighted by molar-refractivity contribution is 7.89. The SMILES string of the molecule is CCN(CC)S(=O)(=O)c1ccc(C)c(C(=O)N(C)CCC(=O)O)c1. The number of carbonyl (C=O) groups is 2. The summed E-state index contributed by atoms with van der Waals surface area (Å²) in [5, 5.41) is 8.71. The van der Waals surface area contributed by atoms with Gasteiger partial charge in [0.25, 0.3) is 5.91 Å². The number of carboxylic acid groups (broad SMARTS) is 1. The maximum atomic E-state index is 12.6. The molecule has 0 fully saturated rings. The highest BCUT2D eigenvalue weighted by Gasteiger charge is 2.24. The molecule has 0 aliphatic rings. The van der Waals surface area contributed by atoms with Gasteiger partial charge in [-0.05, 0) is 24.6 Å². The van der Waals surface area contributed by atoms with Gasteiger partial charge in [-0.25, -0.2) is 8.42 Å². The fourth-order valence-electron chi connectivity index (χ4n) is 2.28. The Labute approximate surface area is 142 Å². The van der Waals surface area contributed by atoms with E-state index in [2.05, 4.69) is 0 Å². The van der Waals surface area contributed by atoms with Gasteiger partial charge in [0.05, 0.1) is 11.3 Å². The van der Waals surface area contributed by atoms with E-state index in [9.17, 15) is 18.0 Å². The van der Waals surface area contributed by atoms with Crippen LogP contribution < -0.4 is 0 Å². The molecule has 0 unspecified atom stereocenters. The lowest BCUT2D eigenvalue weighted by Gasteiger charge is -2.21. The maximum Gasteiger partial charge on any atom is 0.305 e. The van der Waals surface area contributed by atoms with Crippen molar-refractivity contribution in [2.75, 3.05) is 26.7 Å². The van der Waals surface area contributed by atoms with Crippen LogP contribution in [0.15, 0.2) is 23.1 Å². The molecule has 134 valence electrons. The highest BCUT2D eigenvalue weighted by atomic mass is 32.2. The van der Waals surface area contributed by atoms with E-state index in [0.717, 1.165) is 0 Å². The van der Waals surface area contributed by atoms with Crippen LogP contribution >= 0.6 is 0 Å². The first-order valence-corrected chi connectivity index (χ1v) is 9.17. The Hall–Kier alpha value is -1.93. The van der Waals surface area contributed by atoms with Crippen molar-refractivity contribution in [2.24, 2.45) is 0 Å². The van der Waals surface area contributed by atoms with Gasteiger partial charge in [-0.15, -0.1) is 0 Å². The van der Waals surface area contributed by atoms with Crippen molar-refractivity contribution < 1.29 is 23.1 Å². The third-order valence-electron chi connectivity index (χ3n) is 3.79. The van der Waals surface area contributed by atoms with Crippen molar-refractivity contribution >= 4 is 21.9 Å². The predicted octanol–water partition coefficient (Wildman–Crippen LogP) is 1.57. The summed E-state index contributed by atoms with van der Waals surface area (Å²) in [4.78, 5) is 24.5. The molecule has 0 aliphatic carbocycles. The molecule has 1 amide bonds. The summed E-state index contributed by atoms with van der Waals surface area (Å²) in [6.45, 7) is 5.96. The summed E-state index contributed by atoms with van der Waals surface area (Å²) in [6, 6.07) is 4.44. The van der Waals surface area contributed by atoms with Crippen LogP contribution in [0.3, 0.4) is 0 Å². The lowest BCUT2D eigenvalue weighted by atomic mass is 10.1. The third kappa shape index (κ3) is 4.55. The summed E-state index contributed by atoms with van der Waals surface area (Å²) >= 11 is 0. The molecule has 0 bridgehead atoms. The molecule has 1 aromatic carbocycles. The van der Waals surface area contributed by atoms with Crippen LogP contribution in [0.25, 0.3) is 0 Å². The Morgan fingerprint density at radius 2 is 1.75 bits per heavy atom. The van der Waals surface area contributed by atoms with Gasteiger partial charge in [-0.1, -0.05) is 19.9 Å². The third-order valence-corrected chi connectivity index (χ3v) is 5.84. The van der Waals surface area contributed by atoms with Crippen LogP contribution in [-0.2, 0) is 14.8 Å². The standard InChI is InChI=1S/C16H24N2O5S/c1-5-18(6-2)24(22,23)13-8-7-12(3)14(11-13)16(21)17(4)10-9-15(19)20/h7-8,11H,5-6,9-10H2,1-4H3,(H,19,20). The van der Waals surface area contributed by atoms with Crippen LogP contribution in [0.4, 0.5) is 0 Å². The molecule has 1 N–H and O–H groups in total. The van der Waals surface area contributed by atoms with Crippen LogP contribution in [0.2, 0.25) is 0 Å². The van der Waals surface area contributed by atoms with E-state index in [1.54, 1.807) is 26.8 Å². The van der Waals surface area contributed by atoms with E-state index < -0.39 is 21.9 Å². The molecule has 7 nitrogen and oxygen atoms in total. The second-order valence-electron chi connectivity index (χ2n) is 5.44. The molecule has 24 heavy (non-hydrogen) atoms. The van der Waals surface area contributed by atoms with Crippen molar-refractivity contribution in [3.05, 3.63) is 29.3 Å². The Morgan fingerprint density at radius 1 is 1.17 bits per heavy atom. The number of carboxylic acids is 1. The zero-order valence-corrected chi connectivity index (χ0v) is 15.3. The highest BCUT2D eigenvalue weighted by Crippen LogP contribution is 2.20. The smallest absolute Gasteiger partial charge is 0.305 e. The number of amides is 1. The lowest BCUT2D eigenvalue weighted by molar-refractivity contribution is -0.137. The van der Waals surface area contributed by atoms with Crippen molar-refractivity contribution in [3.63, 3.8) is 0 Å². The first-order chi connectivity index (χ1) is 11.1. The fourth-order valence-corrected chi connectivity index (χ4v) is 3.76. The average molecular weight is 356 g/mol. The zero-order valence-electron chi connectivity index (χ0n) is 14.4. The van der Waals surface area contributed by atoms with Gasteiger partial charge in [-0.2, -0.15) is 4.31 Å². The topological polar surface area (TPSA) is 95.0 Å². The molecular formula is C16H24N2O5S. The molecule has 0 aromatic heterocycles. The van der Waals surface area contributed by atoms with Gasteiger partial charge in [0, 0.05) is 32.2 Å². The maximum absolute atomic E-state index is 12.6. The van der Waals surface area contributed by atoms with E-state index in [0.29, 0.717) is 18.7 Å². The van der Waals surface area contributed by atoms with Gasteiger partial charge >= 0.3 is 5.97 Å². The van der Waals surface area contributed by atoms with Crippen LogP contribution in [-0.4, -0.2) is 61.3 Å². The van der Waals surface area contributed by atoms with E-state index in [-0.39, 0.29) is 23.4 Å². The monoisotopic (exact) mass is 356 g/mol. The van der Waals surface area contributed by atoms with Gasteiger partial charge in [-0.3, -0.25) is 9.59 Å². The molecule has 0 aliphatic heterocycles. The fraction of sp³-hybridized carbons (Fsp3) is 0.500. The molecule has 0 saturated heterocycles. The van der Waals surface area contributed by atoms with Gasteiger partial charge in [0.1, 0.15) is 0 Å². The lowest BCUT2D eigenvalue weighted by Crippen LogP contribution is -2.32. The van der Waals surface area contributed by atoms with Gasteiger partial charge < -0.3 is 10.0 Å². The van der Waals surface area contributed by atoms with Crippen molar-refractivity contribution in [3.8, 4) is 0 Å². The molecule has 1 aromatic rings. The number of aryl methyl sites for hydroxylation is 1. The number of rotatable bonds is 8. The minimum atomic E-state index is -3.66. The van der Waals surface area contributed by atoms with Crippen molar-refractivity contribution in [2.45, 2.75) is 32.1 Å². The minimum Gasteiger partial charge on any atom is -0.481 e. The van der Waals surface area contributed by atoms with Crippen LogP contribution in [0.1, 0.15) is 36.2 Å². The number of benzene rings is 1. The second kappa shape index (κ2) is 8.25. The number of hydrogen-bond acceptors (Lipinski definition) is 4. The molecule has 0 spiro atoms. The number of nitrogens with zero attached hydrogens (tertiary/aromatic N) is 2. The summed E-state index contributed by atoms with van der Waals surface area (Å²) in [6.07, 6.45) is -0.168. The Balaban J connectivity index is 3.19. The van der Waals surface area contributed by atoms with Crippen LogP contribution in [0.5, 0.6) is 0 Å². The van der Waals surface area contributed by atoms with Crippen molar-refractivity contribution in [1.29, 1.82) is 0 Å². The number of sulfonamides is 1. The summed E-state index contributed by atoms with van der Waals surface area (Å²) in [5.41, 5.74) is 0.900. The first-order valence-electron chi connectivity index (χ1n) is 7.73. The van der Waals surface area contributed by atoms with Gasteiger partial charge in [0.2, 0.25) is 10.0 Å². The molecule has 1 rings (SSSR count). The Morgan fingerprint density at radius 3 is 2.25 bits per heavy atom. The van der Waals surface area contributed by atoms with E-state index >= 15 is 0 Å². The molecule has 8 heteroatoms. The van der Waals surface area contributed by atoms with Crippen LogP contribution in [0, 0.1) is 6.92 Å². The number of aliphatic carboxylic acids is 1. The Bertz CT molecular complexity index is 711. The largest absolute Gasteiger partial charge is 0.481 e. The molecular weight excluding hydrogens is 332 g/mol.